The maximum atomic E-state index is 13.0. The minimum Gasteiger partial charge on any atom is -0.333 e. The molecule has 0 bridgehead atoms. The van der Waals surface area contributed by atoms with E-state index in [4.69, 9.17) is 0 Å². The van der Waals surface area contributed by atoms with Crippen LogP contribution in [0.25, 0.3) is 11.3 Å². The van der Waals surface area contributed by atoms with Crippen LogP contribution in [0.4, 0.5) is 22.7 Å². The third-order valence-electron chi connectivity index (χ3n) is 4.10. The number of alkyl halides is 3. The van der Waals surface area contributed by atoms with Crippen molar-refractivity contribution in [2.75, 3.05) is 18.4 Å². The maximum Gasteiger partial charge on any atom is 0.406 e. The largest absolute Gasteiger partial charge is 0.406 e. The van der Waals surface area contributed by atoms with Gasteiger partial charge < -0.3 is 10.2 Å². The third kappa shape index (κ3) is 4.62. The summed E-state index contributed by atoms with van der Waals surface area (Å²) in [6.45, 7) is 0.149. The molecule has 1 N–H and O–H groups in total. The first kappa shape index (κ1) is 19.3. The van der Waals surface area contributed by atoms with Crippen molar-refractivity contribution >= 4 is 28.3 Å². The Kier molecular flexibility index (Phi) is 5.18. The molecule has 1 atom stereocenters. The lowest BCUT2D eigenvalue weighted by molar-refractivity contribution is -0.157. The van der Waals surface area contributed by atoms with Gasteiger partial charge >= 0.3 is 6.18 Å². The van der Waals surface area contributed by atoms with Crippen molar-refractivity contribution < 1.29 is 27.2 Å². The highest BCUT2D eigenvalue weighted by Crippen LogP contribution is 2.31. The Labute approximate surface area is 156 Å². The van der Waals surface area contributed by atoms with E-state index in [1.54, 1.807) is 19.1 Å². The van der Waals surface area contributed by atoms with E-state index in [-0.39, 0.29) is 23.9 Å². The molecule has 1 fully saturated rings. The molecule has 1 aromatic heterocycles. The van der Waals surface area contributed by atoms with E-state index in [9.17, 15) is 27.2 Å². The molecule has 2 aromatic rings. The average Bonchev–Trinajstić information content (AvgIpc) is 3.10. The molecule has 27 heavy (non-hydrogen) atoms. The van der Waals surface area contributed by atoms with Crippen molar-refractivity contribution in [2.24, 2.45) is 5.92 Å². The van der Waals surface area contributed by atoms with E-state index in [0.717, 1.165) is 4.88 Å². The van der Waals surface area contributed by atoms with Gasteiger partial charge in [0.15, 0.2) is 5.13 Å². The predicted octanol–water partition coefficient (Wildman–Crippen LogP) is 3.61. The van der Waals surface area contributed by atoms with Gasteiger partial charge in [-0.3, -0.25) is 9.59 Å². The fraction of sp³-hybridized carbons (Fsp3) is 0.353. The Morgan fingerprint density at radius 3 is 2.63 bits per heavy atom. The molecule has 3 rings (SSSR count). The molecule has 1 aliphatic heterocycles. The molecule has 144 valence electrons. The van der Waals surface area contributed by atoms with Gasteiger partial charge in [0.05, 0.1) is 11.6 Å². The van der Waals surface area contributed by atoms with Crippen LogP contribution in [-0.4, -0.2) is 41.0 Å². The number of hydrogen-bond donors (Lipinski definition) is 1. The number of halogens is 4. The second-order valence-electron chi connectivity index (χ2n) is 6.21. The Morgan fingerprint density at radius 2 is 2.00 bits per heavy atom. The minimum atomic E-state index is -4.50. The summed E-state index contributed by atoms with van der Waals surface area (Å²) in [4.78, 5) is 29.7. The fourth-order valence-corrected chi connectivity index (χ4v) is 3.69. The zero-order valence-corrected chi connectivity index (χ0v) is 15.0. The summed E-state index contributed by atoms with van der Waals surface area (Å²) in [6, 6.07) is 5.72. The van der Waals surface area contributed by atoms with Gasteiger partial charge in [0, 0.05) is 23.4 Å². The van der Waals surface area contributed by atoms with Crippen LogP contribution in [0.2, 0.25) is 0 Å². The lowest BCUT2D eigenvalue weighted by Crippen LogP contribution is -2.36. The summed E-state index contributed by atoms with van der Waals surface area (Å²) in [5.74, 6) is -2.49. The highest BCUT2D eigenvalue weighted by atomic mass is 32.1. The average molecular weight is 401 g/mol. The molecule has 1 unspecified atom stereocenters. The number of hydrogen-bond acceptors (Lipinski definition) is 4. The second-order valence-corrected chi connectivity index (χ2v) is 7.41. The van der Waals surface area contributed by atoms with E-state index in [1.165, 1.54) is 23.5 Å². The standard InChI is InChI=1S/C17H15F4N3O2S/c1-9-14(10-2-4-12(18)5-3-10)22-16(27-9)23-15(26)11-6-13(25)24(7-11)8-17(19,20)21/h2-5,11H,6-8H2,1H3,(H,22,23,26). The third-order valence-corrected chi connectivity index (χ3v) is 4.99. The summed E-state index contributed by atoms with van der Waals surface area (Å²) in [6.07, 6.45) is -4.77. The van der Waals surface area contributed by atoms with Crippen molar-refractivity contribution in [2.45, 2.75) is 19.5 Å². The SMILES string of the molecule is Cc1sc(NC(=O)C2CC(=O)N(CC(F)(F)F)C2)nc1-c1ccc(F)cc1. The Hall–Kier alpha value is -2.49. The number of anilines is 1. The monoisotopic (exact) mass is 401 g/mol. The van der Waals surface area contributed by atoms with Crippen LogP contribution in [0.3, 0.4) is 0 Å². The minimum absolute atomic E-state index is 0.267. The molecule has 0 aliphatic carbocycles. The Bertz CT molecular complexity index is 864. The van der Waals surface area contributed by atoms with Crippen molar-refractivity contribution in [3.63, 3.8) is 0 Å². The zero-order chi connectivity index (χ0) is 19.8. The van der Waals surface area contributed by atoms with Gasteiger partial charge in [-0.25, -0.2) is 9.37 Å². The molecule has 0 spiro atoms. The number of nitrogens with zero attached hydrogens (tertiary/aromatic N) is 2. The molecule has 0 radical (unpaired) electrons. The van der Waals surface area contributed by atoms with E-state index >= 15 is 0 Å². The van der Waals surface area contributed by atoms with Crippen molar-refractivity contribution in [1.29, 1.82) is 0 Å². The fourth-order valence-electron chi connectivity index (χ4n) is 2.85. The topological polar surface area (TPSA) is 62.3 Å². The molecule has 1 aliphatic rings. The van der Waals surface area contributed by atoms with Gasteiger partial charge in [-0.15, -0.1) is 11.3 Å². The number of benzene rings is 1. The molecule has 5 nitrogen and oxygen atoms in total. The van der Waals surface area contributed by atoms with Gasteiger partial charge in [-0.2, -0.15) is 13.2 Å². The van der Waals surface area contributed by atoms with E-state index < -0.39 is 30.5 Å². The highest BCUT2D eigenvalue weighted by Gasteiger charge is 2.40. The van der Waals surface area contributed by atoms with Crippen molar-refractivity contribution in [3.05, 3.63) is 35.0 Å². The van der Waals surface area contributed by atoms with Crippen LogP contribution in [0.15, 0.2) is 24.3 Å². The lowest BCUT2D eigenvalue weighted by Gasteiger charge is -2.18. The molecular formula is C17H15F4N3O2S. The van der Waals surface area contributed by atoms with Gasteiger partial charge in [-0.1, -0.05) is 0 Å². The number of carbonyl (C=O) groups is 2. The molecule has 0 saturated carbocycles. The zero-order valence-electron chi connectivity index (χ0n) is 14.1. The lowest BCUT2D eigenvalue weighted by atomic mass is 10.1. The number of aryl methyl sites for hydroxylation is 1. The number of nitrogens with one attached hydrogen (secondary N) is 1. The summed E-state index contributed by atoms with van der Waals surface area (Å²) in [7, 11) is 0. The smallest absolute Gasteiger partial charge is 0.333 e. The summed E-state index contributed by atoms with van der Waals surface area (Å²) >= 11 is 1.20. The molecule has 2 amide bonds. The van der Waals surface area contributed by atoms with Crippen LogP contribution >= 0.6 is 11.3 Å². The Balaban J connectivity index is 1.67. The van der Waals surface area contributed by atoms with Gasteiger partial charge in [0.25, 0.3) is 0 Å². The summed E-state index contributed by atoms with van der Waals surface area (Å²) in [5, 5.41) is 2.84. The first-order chi connectivity index (χ1) is 12.6. The van der Waals surface area contributed by atoms with Gasteiger partial charge in [-0.05, 0) is 31.2 Å². The van der Waals surface area contributed by atoms with Crippen LogP contribution in [0.5, 0.6) is 0 Å². The second kappa shape index (κ2) is 7.26. The van der Waals surface area contributed by atoms with E-state index in [0.29, 0.717) is 16.2 Å². The predicted molar refractivity (Wildman–Crippen MR) is 91.6 cm³/mol. The van der Waals surface area contributed by atoms with E-state index in [2.05, 4.69) is 10.3 Å². The van der Waals surface area contributed by atoms with Crippen molar-refractivity contribution in [3.8, 4) is 11.3 Å². The summed E-state index contributed by atoms with van der Waals surface area (Å²) < 4.78 is 50.4. The number of rotatable bonds is 4. The quantitative estimate of drug-likeness (QED) is 0.797. The molecule has 1 aromatic carbocycles. The first-order valence-electron chi connectivity index (χ1n) is 8.01. The number of amides is 2. The Morgan fingerprint density at radius 1 is 1.33 bits per heavy atom. The molecular weight excluding hydrogens is 386 g/mol. The molecule has 10 heteroatoms. The van der Waals surface area contributed by atoms with Crippen LogP contribution in [0.1, 0.15) is 11.3 Å². The molecule has 2 heterocycles. The van der Waals surface area contributed by atoms with Crippen LogP contribution in [0, 0.1) is 18.7 Å². The number of likely N-dealkylation sites (tertiary alicyclic amines) is 1. The van der Waals surface area contributed by atoms with Gasteiger partial charge in [0.2, 0.25) is 11.8 Å². The number of thiazole rings is 1. The van der Waals surface area contributed by atoms with Crippen LogP contribution in [-0.2, 0) is 9.59 Å². The normalized spacial score (nSPS) is 17.4. The highest BCUT2D eigenvalue weighted by molar-refractivity contribution is 7.16. The van der Waals surface area contributed by atoms with Crippen LogP contribution < -0.4 is 5.32 Å². The van der Waals surface area contributed by atoms with Crippen molar-refractivity contribution in [1.82, 2.24) is 9.88 Å². The van der Waals surface area contributed by atoms with Gasteiger partial charge in [0.1, 0.15) is 12.4 Å². The maximum absolute atomic E-state index is 13.0. The first-order valence-corrected chi connectivity index (χ1v) is 8.83. The summed E-state index contributed by atoms with van der Waals surface area (Å²) in [5.41, 5.74) is 1.26. The van der Waals surface area contributed by atoms with E-state index in [1.807, 2.05) is 0 Å². The number of carbonyl (C=O) groups excluding carboxylic acids is 2. The molecule has 1 saturated heterocycles. The number of aromatic nitrogens is 1.